The van der Waals surface area contributed by atoms with Gasteiger partial charge in [0.1, 0.15) is 0 Å². The quantitative estimate of drug-likeness (QED) is 0.634. The fraction of sp³-hybridized carbons (Fsp3) is 0.235. The Bertz CT molecular complexity index is 871. The Labute approximate surface area is 149 Å². The molecule has 1 amide bonds. The predicted molar refractivity (Wildman–Crippen MR) is 95.1 cm³/mol. The molecule has 0 spiro atoms. The average Bonchev–Trinajstić information content (AvgIpc) is 3.05. The number of hydrogen-bond donors (Lipinski definition) is 0. The molecule has 0 aliphatic rings. The third-order valence-electron chi connectivity index (χ3n) is 3.51. The minimum absolute atomic E-state index is 0.0849. The molecule has 1 atom stereocenters. The number of nitrogens with zero attached hydrogens (tertiary/aromatic N) is 6. The van der Waals surface area contributed by atoms with Crippen LogP contribution >= 0.6 is 11.8 Å². The third-order valence-corrected chi connectivity index (χ3v) is 4.45. The molecule has 0 saturated carbocycles. The number of carbonyl (C=O) groups is 1. The van der Waals surface area contributed by atoms with Gasteiger partial charge in [-0.25, -0.2) is 9.50 Å². The highest BCUT2D eigenvalue weighted by atomic mass is 32.2. The van der Waals surface area contributed by atoms with Crippen LogP contribution in [0.3, 0.4) is 0 Å². The zero-order chi connectivity index (χ0) is 17.6. The molecule has 0 aliphatic heterocycles. The summed E-state index contributed by atoms with van der Waals surface area (Å²) in [4.78, 5) is 23.0. The lowest BCUT2D eigenvalue weighted by Gasteiger charge is -2.24. The van der Waals surface area contributed by atoms with E-state index in [-0.39, 0.29) is 12.3 Å². The standard InChI is InChI=1S/C17H16N6OS/c1-13(25-17-20-16-19-10-6-12-23(16)21-17)15(24)22(11-5-9-18)14-7-3-2-4-8-14/h2-4,6-8,10,12-13H,5,11H2,1H3. The molecule has 0 radical (unpaired) electrons. The molecule has 0 saturated heterocycles. The molecule has 2 aromatic heterocycles. The largest absolute Gasteiger partial charge is 0.310 e. The van der Waals surface area contributed by atoms with Crippen molar-refractivity contribution in [1.29, 1.82) is 5.26 Å². The monoisotopic (exact) mass is 352 g/mol. The van der Waals surface area contributed by atoms with Crippen LogP contribution in [-0.4, -0.2) is 37.3 Å². The Morgan fingerprint density at radius 2 is 2.16 bits per heavy atom. The van der Waals surface area contributed by atoms with Gasteiger partial charge in [-0.1, -0.05) is 30.0 Å². The molecule has 1 aromatic carbocycles. The molecule has 7 nitrogen and oxygen atoms in total. The van der Waals surface area contributed by atoms with Crippen molar-refractivity contribution in [3.63, 3.8) is 0 Å². The van der Waals surface area contributed by atoms with Gasteiger partial charge in [0, 0.05) is 24.6 Å². The van der Waals surface area contributed by atoms with Gasteiger partial charge in [-0.3, -0.25) is 4.79 Å². The van der Waals surface area contributed by atoms with Crippen LogP contribution < -0.4 is 4.90 Å². The van der Waals surface area contributed by atoms with Crippen molar-refractivity contribution in [2.75, 3.05) is 11.4 Å². The van der Waals surface area contributed by atoms with Crippen molar-refractivity contribution in [2.24, 2.45) is 0 Å². The Hall–Kier alpha value is -2.92. The summed E-state index contributed by atoms with van der Waals surface area (Å²) in [5, 5.41) is 13.3. The van der Waals surface area contributed by atoms with E-state index in [1.165, 1.54) is 11.8 Å². The van der Waals surface area contributed by atoms with Gasteiger partial charge in [-0.05, 0) is 25.1 Å². The summed E-state index contributed by atoms with van der Waals surface area (Å²) in [5.41, 5.74) is 0.778. The number of rotatable bonds is 6. The van der Waals surface area contributed by atoms with Crippen LogP contribution in [0.5, 0.6) is 0 Å². The lowest BCUT2D eigenvalue weighted by molar-refractivity contribution is -0.117. The van der Waals surface area contributed by atoms with E-state index in [0.29, 0.717) is 17.5 Å². The number of benzene rings is 1. The smallest absolute Gasteiger partial charge is 0.253 e. The summed E-state index contributed by atoms with van der Waals surface area (Å²) in [6, 6.07) is 13.2. The van der Waals surface area contributed by atoms with Crippen molar-refractivity contribution in [3.8, 4) is 6.07 Å². The van der Waals surface area contributed by atoms with Crippen molar-refractivity contribution in [2.45, 2.75) is 23.8 Å². The highest BCUT2D eigenvalue weighted by Gasteiger charge is 2.24. The molecule has 0 bridgehead atoms. The van der Waals surface area contributed by atoms with Gasteiger partial charge < -0.3 is 4.90 Å². The van der Waals surface area contributed by atoms with E-state index in [2.05, 4.69) is 21.1 Å². The second-order valence-electron chi connectivity index (χ2n) is 5.25. The zero-order valence-electron chi connectivity index (χ0n) is 13.6. The first-order valence-electron chi connectivity index (χ1n) is 7.76. The van der Waals surface area contributed by atoms with Gasteiger partial charge in [0.25, 0.3) is 5.78 Å². The Morgan fingerprint density at radius 1 is 1.36 bits per heavy atom. The first kappa shape index (κ1) is 16.9. The van der Waals surface area contributed by atoms with E-state index in [1.807, 2.05) is 37.3 Å². The second-order valence-corrected chi connectivity index (χ2v) is 6.56. The van der Waals surface area contributed by atoms with Gasteiger partial charge in [0.05, 0.1) is 17.7 Å². The number of nitriles is 1. The SMILES string of the molecule is CC(Sc1nc2ncccn2n1)C(=O)N(CCC#N)c1ccccc1. The van der Waals surface area contributed by atoms with E-state index in [0.717, 1.165) is 5.69 Å². The predicted octanol–water partition coefficient (Wildman–Crippen LogP) is 2.55. The minimum Gasteiger partial charge on any atom is -0.310 e. The Morgan fingerprint density at radius 3 is 2.88 bits per heavy atom. The van der Waals surface area contributed by atoms with Crippen LogP contribution in [-0.2, 0) is 4.79 Å². The highest BCUT2D eigenvalue weighted by molar-refractivity contribution is 8.00. The summed E-state index contributed by atoms with van der Waals surface area (Å²) < 4.78 is 1.57. The number of thioether (sulfide) groups is 1. The lowest BCUT2D eigenvalue weighted by atomic mass is 10.2. The molecule has 2 heterocycles. The first-order valence-corrected chi connectivity index (χ1v) is 8.64. The Kier molecular flexibility index (Phi) is 5.26. The van der Waals surface area contributed by atoms with Crippen LogP contribution in [0.2, 0.25) is 0 Å². The fourth-order valence-corrected chi connectivity index (χ4v) is 3.14. The van der Waals surface area contributed by atoms with Gasteiger partial charge in [-0.15, -0.1) is 5.10 Å². The maximum absolute atomic E-state index is 12.9. The molecular weight excluding hydrogens is 336 g/mol. The number of hydrogen-bond acceptors (Lipinski definition) is 6. The van der Waals surface area contributed by atoms with E-state index in [9.17, 15) is 4.79 Å². The molecule has 8 heteroatoms. The first-order chi connectivity index (χ1) is 12.2. The number of para-hydroxylation sites is 1. The molecule has 3 rings (SSSR count). The second kappa shape index (κ2) is 7.77. The zero-order valence-corrected chi connectivity index (χ0v) is 14.4. The summed E-state index contributed by atoms with van der Waals surface area (Å²) in [6.07, 6.45) is 3.68. The number of aromatic nitrogens is 4. The molecule has 1 unspecified atom stereocenters. The van der Waals surface area contributed by atoms with Crippen LogP contribution in [0.15, 0.2) is 53.9 Å². The van der Waals surface area contributed by atoms with E-state index in [4.69, 9.17) is 5.26 Å². The van der Waals surface area contributed by atoms with Gasteiger partial charge >= 0.3 is 0 Å². The van der Waals surface area contributed by atoms with Gasteiger partial charge in [0.2, 0.25) is 11.1 Å². The van der Waals surface area contributed by atoms with E-state index in [1.54, 1.807) is 27.9 Å². The molecule has 25 heavy (non-hydrogen) atoms. The molecule has 3 aromatic rings. The third kappa shape index (κ3) is 3.95. The molecule has 0 aliphatic carbocycles. The number of carbonyl (C=O) groups excluding carboxylic acids is 1. The summed E-state index contributed by atoms with van der Waals surface area (Å²) in [6.45, 7) is 2.17. The van der Waals surface area contributed by atoms with Crippen LogP contribution in [0.1, 0.15) is 13.3 Å². The molecule has 126 valence electrons. The molecule has 0 fully saturated rings. The normalized spacial score (nSPS) is 11.8. The maximum Gasteiger partial charge on any atom is 0.253 e. The van der Waals surface area contributed by atoms with Crippen molar-refractivity contribution in [3.05, 3.63) is 48.8 Å². The summed E-state index contributed by atoms with van der Waals surface area (Å²) in [5.74, 6) is 0.410. The highest BCUT2D eigenvalue weighted by Crippen LogP contribution is 2.24. The van der Waals surface area contributed by atoms with Gasteiger partial charge in [0.15, 0.2) is 0 Å². The molecular formula is C17H16N6OS. The van der Waals surface area contributed by atoms with Crippen LogP contribution in [0, 0.1) is 11.3 Å². The van der Waals surface area contributed by atoms with Crippen LogP contribution in [0.25, 0.3) is 5.78 Å². The summed E-state index contributed by atoms with van der Waals surface area (Å²) >= 11 is 1.28. The minimum atomic E-state index is -0.392. The lowest BCUT2D eigenvalue weighted by Crippen LogP contribution is -2.37. The summed E-state index contributed by atoms with van der Waals surface area (Å²) in [7, 11) is 0. The van der Waals surface area contributed by atoms with Crippen molar-refractivity contribution < 1.29 is 4.79 Å². The topological polar surface area (TPSA) is 87.2 Å². The Balaban J connectivity index is 1.77. The van der Waals surface area contributed by atoms with Gasteiger partial charge in [-0.2, -0.15) is 10.2 Å². The number of fused-ring (bicyclic) bond motifs is 1. The molecule has 0 N–H and O–H groups in total. The van der Waals surface area contributed by atoms with E-state index < -0.39 is 5.25 Å². The number of anilines is 1. The van der Waals surface area contributed by atoms with Crippen molar-refractivity contribution >= 4 is 29.1 Å². The average molecular weight is 352 g/mol. The van der Waals surface area contributed by atoms with E-state index >= 15 is 0 Å². The maximum atomic E-state index is 12.9. The fourth-order valence-electron chi connectivity index (χ4n) is 2.33. The number of amides is 1. The van der Waals surface area contributed by atoms with Crippen LogP contribution in [0.4, 0.5) is 5.69 Å². The van der Waals surface area contributed by atoms with Crippen molar-refractivity contribution in [1.82, 2.24) is 19.6 Å².